The van der Waals surface area contributed by atoms with E-state index in [4.69, 9.17) is 4.74 Å². The molecule has 1 aromatic carbocycles. The second-order valence-corrected chi connectivity index (χ2v) is 5.61. The fourth-order valence-corrected chi connectivity index (χ4v) is 2.69. The Morgan fingerprint density at radius 1 is 1.10 bits per heavy atom. The average Bonchev–Trinajstić information content (AvgIpc) is 2.46. The maximum Gasteiger partial charge on any atom is 0.173 e. The molecule has 108 valence electrons. The van der Waals surface area contributed by atoms with E-state index < -0.39 is 0 Å². The average molecular weight is 274 g/mol. The number of Topliss-reactive ketones (excluding diaryl/α,β-unsaturated/α-hetero) is 2. The molecule has 1 aromatic rings. The van der Waals surface area contributed by atoms with E-state index in [0.717, 1.165) is 31.2 Å². The second kappa shape index (κ2) is 7.22. The van der Waals surface area contributed by atoms with Gasteiger partial charge in [-0.05, 0) is 37.5 Å². The summed E-state index contributed by atoms with van der Waals surface area (Å²) in [6, 6.07) is 7.41. The van der Waals surface area contributed by atoms with Gasteiger partial charge in [0.25, 0.3) is 0 Å². The summed E-state index contributed by atoms with van der Waals surface area (Å²) in [4.78, 5) is 23.0. The molecule has 0 aromatic heterocycles. The molecule has 3 heteroatoms. The molecule has 0 aliphatic heterocycles. The number of ether oxygens (including phenoxy) is 1. The van der Waals surface area contributed by atoms with Crippen LogP contribution in [0.1, 0.15) is 44.6 Å². The van der Waals surface area contributed by atoms with E-state index in [1.165, 1.54) is 6.42 Å². The number of carbonyl (C=O) groups excluding carboxylic acids is 2. The lowest BCUT2D eigenvalue weighted by Gasteiger charge is -2.20. The highest BCUT2D eigenvalue weighted by atomic mass is 16.5. The van der Waals surface area contributed by atoms with Gasteiger partial charge in [-0.3, -0.25) is 9.59 Å². The summed E-state index contributed by atoms with van der Waals surface area (Å²) in [5, 5.41) is 0. The van der Waals surface area contributed by atoms with Crippen molar-refractivity contribution in [1.82, 2.24) is 0 Å². The molecule has 0 amide bonds. The van der Waals surface area contributed by atoms with Crippen molar-refractivity contribution in [2.45, 2.75) is 45.4 Å². The normalized spacial score (nSPS) is 15.8. The highest BCUT2D eigenvalue weighted by molar-refractivity contribution is 5.82. The van der Waals surface area contributed by atoms with Crippen molar-refractivity contribution < 1.29 is 14.3 Å². The van der Waals surface area contributed by atoms with Crippen molar-refractivity contribution >= 4 is 11.6 Å². The van der Waals surface area contributed by atoms with Gasteiger partial charge in [-0.1, -0.05) is 31.4 Å². The topological polar surface area (TPSA) is 43.4 Å². The van der Waals surface area contributed by atoms with Gasteiger partial charge < -0.3 is 4.74 Å². The summed E-state index contributed by atoms with van der Waals surface area (Å²) in [5.41, 5.74) is 0.975. The molecule has 1 aliphatic rings. The Hall–Kier alpha value is -1.64. The van der Waals surface area contributed by atoms with E-state index in [1.807, 2.05) is 24.3 Å². The minimum Gasteiger partial charge on any atom is -0.486 e. The molecule has 3 nitrogen and oxygen atoms in total. The highest BCUT2D eigenvalue weighted by Gasteiger charge is 2.21. The quantitative estimate of drug-likeness (QED) is 0.799. The molecule has 0 bridgehead atoms. The van der Waals surface area contributed by atoms with Gasteiger partial charge in [0.15, 0.2) is 5.78 Å². The van der Waals surface area contributed by atoms with Crippen LogP contribution in [0.3, 0.4) is 0 Å². The summed E-state index contributed by atoms with van der Waals surface area (Å²) in [6.45, 7) is 1.74. The van der Waals surface area contributed by atoms with Gasteiger partial charge in [0.1, 0.15) is 18.1 Å². The van der Waals surface area contributed by atoms with Crippen LogP contribution >= 0.6 is 0 Å². The van der Waals surface area contributed by atoms with E-state index in [9.17, 15) is 9.59 Å². The first kappa shape index (κ1) is 14.8. The van der Waals surface area contributed by atoms with Crippen LogP contribution < -0.4 is 4.74 Å². The number of benzene rings is 1. The van der Waals surface area contributed by atoms with E-state index in [2.05, 4.69) is 0 Å². The summed E-state index contributed by atoms with van der Waals surface area (Å²) >= 11 is 0. The maximum atomic E-state index is 12.0. The predicted molar refractivity (Wildman–Crippen MR) is 77.9 cm³/mol. The van der Waals surface area contributed by atoms with E-state index in [0.29, 0.717) is 12.2 Å². The van der Waals surface area contributed by atoms with Crippen LogP contribution in [0.15, 0.2) is 24.3 Å². The third-order valence-corrected chi connectivity index (χ3v) is 3.82. The molecule has 1 fully saturated rings. The first-order valence-electron chi connectivity index (χ1n) is 7.39. The SMILES string of the molecule is CC(=O)Cc1ccc(OCC(=O)C2CCCCC2)cc1. The van der Waals surface area contributed by atoms with Gasteiger partial charge in [-0.25, -0.2) is 0 Å². The van der Waals surface area contributed by atoms with Gasteiger partial charge in [0.05, 0.1) is 0 Å². The zero-order valence-corrected chi connectivity index (χ0v) is 12.1. The molecule has 0 radical (unpaired) electrons. The Balaban J connectivity index is 1.81. The summed E-state index contributed by atoms with van der Waals surface area (Å²) in [6.07, 6.45) is 6.05. The van der Waals surface area contributed by atoms with Gasteiger partial charge in [0.2, 0.25) is 0 Å². The van der Waals surface area contributed by atoms with Gasteiger partial charge in [-0.15, -0.1) is 0 Å². The molecule has 0 heterocycles. The summed E-state index contributed by atoms with van der Waals surface area (Å²) in [5.74, 6) is 1.26. The van der Waals surface area contributed by atoms with Crippen molar-refractivity contribution in [1.29, 1.82) is 0 Å². The fourth-order valence-electron chi connectivity index (χ4n) is 2.69. The third-order valence-electron chi connectivity index (χ3n) is 3.82. The summed E-state index contributed by atoms with van der Waals surface area (Å²) < 4.78 is 5.55. The van der Waals surface area contributed by atoms with Crippen molar-refractivity contribution in [2.24, 2.45) is 5.92 Å². The van der Waals surface area contributed by atoms with Gasteiger partial charge in [-0.2, -0.15) is 0 Å². The van der Waals surface area contributed by atoms with Crippen LogP contribution in [-0.4, -0.2) is 18.2 Å². The lowest BCUT2D eigenvalue weighted by molar-refractivity contribution is -0.125. The number of hydrogen-bond acceptors (Lipinski definition) is 3. The standard InChI is InChI=1S/C17H22O3/c1-13(18)11-14-7-9-16(10-8-14)20-12-17(19)15-5-3-2-4-6-15/h7-10,15H,2-6,11-12H2,1H3. The molecule has 0 saturated heterocycles. The van der Waals surface area contributed by atoms with Crippen molar-refractivity contribution in [3.8, 4) is 5.75 Å². The second-order valence-electron chi connectivity index (χ2n) is 5.61. The Morgan fingerprint density at radius 2 is 1.75 bits per heavy atom. The maximum absolute atomic E-state index is 12.0. The molecule has 1 aliphatic carbocycles. The molecule has 0 N–H and O–H groups in total. The number of hydrogen-bond donors (Lipinski definition) is 0. The monoisotopic (exact) mass is 274 g/mol. The minimum atomic E-state index is 0.145. The lowest BCUT2D eigenvalue weighted by Crippen LogP contribution is -2.23. The first-order chi connectivity index (χ1) is 9.65. The van der Waals surface area contributed by atoms with Crippen LogP contribution in [0.25, 0.3) is 0 Å². The van der Waals surface area contributed by atoms with Crippen LogP contribution in [0.2, 0.25) is 0 Å². The Bertz CT molecular complexity index is 456. The van der Waals surface area contributed by atoms with Crippen LogP contribution in [0.5, 0.6) is 5.75 Å². The van der Waals surface area contributed by atoms with E-state index in [-0.39, 0.29) is 24.1 Å². The largest absolute Gasteiger partial charge is 0.486 e. The molecular weight excluding hydrogens is 252 g/mol. The molecule has 0 spiro atoms. The van der Waals surface area contributed by atoms with Crippen molar-refractivity contribution in [3.63, 3.8) is 0 Å². The third kappa shape index (κ3) is 4.48. The molecular formula is C17H22O3. The van der Waals surface area contributed by atoms with Crippen LogP contribution in [0, 0.1) is 5.92 Å². The Kier molecular flexibility index (Phi) is 5.33. The molecule has 20 heavy (non-hydrogen) atoms. The van der Waals surface area contributed by atoms with Crippen molar-refractivity contribution in [2.75, 3.05) is 6.61 Å². The number of rotatable bonds is 6. The molecule has 0 unspecified atom stereocenters. The Morgan fingerprint density at radius 3 is 2.35 bits per heavy atom. The zero-order chi connectivity index (χ0) is 14.4. The van der Waals surface area contributed by atoms with E-state index >= 15 is 0 Å². The summed E-state index contributed by atoms with van der Waals surface area (Å²) in [7, 11) is 0. The lowest BCUT2D eigenvalue weighted by atomic mass is 9.86. The smallest absolute Gasteiger partial charge is 0.173 e. The van der Waals surface area contributed by atoms with Crippen LogP contribution in [-0.2, 0) is 16.0 Å². The minimum absolute atomic E-state index is 0.145. The first-order valence-corrected chi connectivity index (χ1v) is 7.39. The highest BCUT2D eigenvalue weighted by Crippen LogP contribution is 2.24. The van der Waals surface area contributed by atoms with E-state index in [1.54, 1.807) is 6.92 Å². The number of ketones is 2. The molecule has 1 saturated carbocycles. The predicted octanol–water partition coefficient (Wildman–Crippen LogP) is 3.35. The number of carbonyl (C=O) groups is 2. The zero-order valence-electron chi connectivity index (χ0n) is 12.1. The van der Waals surface area contributed by atoms with Crippen LogP contribution in [0.4, 0.5) is 0 Å². The molecule has 0 atom stereocenters. The molecule has 2 rings (SSSR count). The van der Waals surface area contributed by atoms with Gasteiger partial charge in [0, 0.05) is 12.3 Å². The van der Waals surface area contributed by atoms with Gasteiger partial charge >= 0.3 is 0 Å². The van der Waals surface area contributed by atoms with Crippen molar-refractivity contribution in [3.05, 3.63) is 29.8 Å². The fraction of sp³-hybridized carbons (Fsp3) is 0.529. The Labute approximate surface area is 120 Å².